The van der Waals surface area contributed by atoms with E-state index in [2.05, 4.69) is 53.0 Å². The molecule has 0 amide bonds. The number of aryl methyl sites for hydroxylation is 1. The molecule has 15 heavy (non-hydrogen) atoms. The molecule has 0 unspecified atom stereocenters. The Morgan fingerprint density at radius 2 is 2.13 bits per heavy atom. The van der Waals surface area contributed by atoms with Gasteiger partial charge in [0, 0.05) is 24.2 Å². The Labute approximate surface area is 88.6 Å². The second-order valence-electron chi connectivity index (χ2n) is 3.83. The first-order chi connectivity index (χ1) is 7.36. The van der Waals surface area contributed by atoms with Crippen LogP contribution in [0.3, 0.4) is 0 Å². The fourth-order valence-electron chi connectivity index (χ4n) is 2.07. The molecule has 0 fully saturated rings. The largest absolute Gasteiger partial charge is 0.304 e. The molecule has 3 rings (SSSR count). The summed E-state index contributed by atoms with van der Waals surface area (Å²) in [6, 6.07) is 8.45. The molecule has 0 saturated heterocycles. The van der Waals surface area contributed by atoms with Gasteiger partial charge in [-0.1, -0.05) is 24.3 Å². The van der Waals surface area contributed by atoms with Crippen LogP contribution in [0.2, 0.25) is 0 Å². The number of nitrogens with zero attached hydrogens (tertiary/aromatic N) is 2. The number of aliphatic imine (C=N–C) groups is 1. The van der Waals surface area contributed by atoms with Gasteiger partial charge in [-0.2, -0.15) is 0 Å². The molecular weight excluding hydrogens is 184 g/mol. The lowest BCUT2D eigenvalue weighted by molar-refractivity contribution is 1.16. The van der Waals surface area contributed by atoms with Crippen molar-refractivity contribution in [2.75, 3.05) is 0 Å². The van der Waals surface area contributed by atoms with Crippen LogP contribution in [0, 0.1) is 6.92 Å². The van der Waals surface area contributed by atoms with Crippen LogP contribution < -0.4 is 0 Å². The smallest absolute Gasteiger partial charge is 0.116 e. The van der Waals surface area contributed by atoms with Crippen molar-refractivity contribution in [2.45, 2.75) is 13.3 Å². The summed E-state index contributed by atoms with van der Waals surface area (Å²) in [6.45, 7) is 2.14. The van der Waals surface area contributed by atoms with Crippen molar-refractivity contribution in [2.24, 2.45) is 4.99 Å². The minimum Gasteiger partial charge on any atom is -0.304 e. The maximum atomic E-state index is 4.37. The Morgan fingerprint density at radius 1 is 1.27 bits per heavy atom. The van der Waals surface area contributed by atoms with Crippen LogP contribution in [0.1, 0.15) is 12.0 Å². The zero-order valence-corrected chi connectivity index (χ0v) is 8.64. The van der Waals surface area contributed by atoms with Crippen molar-refractivity contribution in [1.29, 1.82) is 0 Å². The van der Waals surface area contributed by atoms with Gasteiger partial charge in [-0.05, 0) is 18.6 Å². The maximum absolute atomic E-state index is 4.37. The van der Waals surface area contributed by atoms with E-state index in [-0.39, 0.29) is 0 Å². The van der Waals surface area contributed by atoms with Crippen LogP contribution in [0.25, 0.3) is 10.9 Å². The van der Waals surface area contributed by atoms with Gasteiger partial charge in [0.15, 0.2) is 0 Å². The normalized spacial score (nSPS) is 14.9. The van der Waals surface area contributed by atoms with Gasteiger partial charge in [-0.25, -0.2) is 4.99 Å². The first-order valence-corrected chi connectivity index (χ1v) is 5.15. The van der Waals surface area contributed by atoms with E-state index >= 15 is 0 Å². The number of para-hydroxylation sites is 1. The molecule has 1 aromatic carbocycles. The average molecular weight is 196 g/mol. The monoisotopic (exact) mass is 196 g/mol. The summed E-state index contributed by atoms with van der Waals surface area (Å²) in [7, 11) is 0. The molecule has 1 aliphatic heterocycles. The van der Waals surface area contributed by atoms with E-state index in [4.69, 9.17) is 0 Å². The van der Waals surface area contributed by atoms with E-state index in [1.807, 2.05) is 6.20 Å². The Hall–Kier alpha value is -1.83. The molecule has 0 spiro atoms. The highest BCUT2D eigenvalue weighted by molar-refractivity contribution is 5.98. The summed E-state index contributed by atoms with van der Waals surface area (Å²) in [6.07, 6.45) is 7.05. The molecule has 2 heteroatoms. The molecule has 0 bridgehead atoms. The zero-order chi connectivity index (χ0) is 10.3. The summed E-state index contributed by atoms with van der Waals surface area (Å²) >= 11 is 0. The predicted molar refractivity (Wildman–Crippen MR) is 63.3 cm³/mol. The van der Waals surface area contributed by atoms with Crippen molar-refractivity contribution in [3.8, 4) is 0 Å². The molecular formula is C13H12N2. The van der Waals surface area contributed by atoms with Crippen LogP contribution in [-0.4, -0.2) is 10.4 Å². The first-order valence-electron chi connectivity index (χ1n) is 5.15. The molecule has 0 aliphatic carbocycles. The second kappa shape index (κ2) is 3.09. The summed E-state index contributed by atoms with van der Waals surface area (Å²) < 4.78 is 2.19. The van der Waals surface area contributed by atoms with Gasteiger partial charge < -0.3 is 4.57 Å². The van der Waals surface area contributed by atoms with Crippen LogP contribution in [0.4, 0.5) is 0 Å². The first kappa shape index (κ1) is 8.48. The van der Waals surface area contributed by atoms with Gasteiger partial charge in [0.05, 0.1) is 5.52 Å². The summed E-state index contributed by atoms with van der Waals surface area (Å²) in [5, 5.41) is 1.31. The highest BCUT2D eigenvalue weighted by Crippen LogP contribution is 2.21. The lowest BCUT2D eigenvalue weighted by Gasteiger charge is -2.03. The number of rotatable bonds is 0. The predicted octanol–water partition coefficient (Wildman–Crippen LogP) is 3.11. The maximum Gasteiger partial charge on any atom is 0.116 e. The Balaban J connectivity index is 2.27. The second-order valence-corrected chi connectivity index (χ2v) is 3.83. The minimum absolute atomic E-state index is 0.929. The molecule has 1 aromatic heterocycles. The van der Waals surface area contributed by atoms with Crippen molar-refractivity contribution in [3.63, 3.8) is 0 Å². The highest BCUT2D eigenvalue weighted by atomic mass is 15.1. The summed E-state index contributed by atoms with van der Waals surface area (Å²) in [4.78, 5) is 4.37. The van der Waals surface area contributed by atoms with E-state index in [1.165, 1.54) is 16.5 Å². The third-order valence-corrected chi connectivity index (χ3v) is 2.82. The fraction of sp³-hybridized carbons (Fsp3) is 0.154. The third kappa shape index (κ3) is 1.22. The van der Waals surface area contributed by atoms with Crippen molar-refractivity contribution in [3.05, 3.63) is 48.3 Å². The Bertz CT molecular complexity index is 573. The third-order valence-electron chi connectivity index (χ3n) is 2.82. The highest BCUT2D eigenvalue weighted by Gasteiger charge is 2.09. The van der Waals surface area contributed by atoms with Crippen molar-refractivity contribution in [1.82, 2.24) is 4.57 Å². The lowest BCUT2D eigenvalue weighted by atomic mass is 10.2. The lowest BCUT2D eigenvalue weighted by Crippen LogP contribution is -2.06. The van der Waals surface area contributed by atoms with Crippen molar-refractivity contribution >= 4 is 16.7 Å². The van der Waals surface area contributed by atoms with Crippen LogP contribution in [-0.2, 0) is 0 Å². The van der Waals surface area contributed by atoms with E-state index in [0.717, 1.165) is 12.3 Å². The molecule has 0 saturated carbocycles. The van der Waals surface area contributed by atoms with Gasteiger partial charge in [-0.3, -0.25) is 0 Å². The number of benzene rings is 1. The number of aromatic nitrogens is 1. The van der Waals surface area contributed by atoms with Crippen molar-refractivity contribution < 1.29 is 0 Å². The fourth-order valence-corrected chi connectivity index (χ4v) is 2.07. The summed E-state index contributed by atoms with van der Waals surface area (Å²) in [5.41, 5.74) is 2.55. The summed E-state index contributed by atoms with van der Waals surface area (Å²) in [5.74, 6) is 1.11. The van der Waals surface area contributed by atoms with E-state index in [0.29, 0.717) is 0 Å². The topological polar surface area (TPSA) is 17.3 Å². The van der Waals surface area contributed by atoms with Crippen LogP contribution >= 0.6 is 0 Å². The Kier molecular flexibility index (Phi) is 1.75. The molecule has 0 radical (unpaired) electrons. The molecule has 2 heterocycles. The molecule has 2 aromatic rings. The van der Waals surface area contributed by atoms with E-state index in [9.17, 15) is 0 Å². The van der Waals surface area contributed by atoms with Crippen LogP contribution in [0.5, 0.6) is 0 Å². The molecule has 0 atom stereocenters. The quantitative estimate of drug-likeness (QED) is 0.616. The van der Waals surface area contributed by atoms with Gasteiger partial charge in [0.2, 0.25) is 0 Å². The van der Waals surface area contributed by atoms with E-state index < -0.39 is 0 Å². The average Bonchev–Trinajstić information content (AvgIpc) is 2.87. The number of hydrogen-bond donors (Lipinski definition) is 0. The van der Waals surface area contributed by atoms with Gasteiger partial charge >= 0.3 is 0 Å². The van der Waals surface area contributed by atoms with E-state index in [1.54, 1.807) is 0 Å². The number of fused-ring (bicyclic) bond motifs is 1. The minimum atomic E-state index is 0.929. The molecule has 2 nitrogen and oxygen atoms in total. The molecule has 0 N–H and O–H groups in total. The van der Waals surface area contributed by atoms with Gasteiger partial charge in [0.25, 0.3) is 0 Å². The SMILES string of the molecule is Cc1cn(C2=NC=CC2)c2ccccc12. The molecule has 1 aliphatic rings. The standard InChI is InChI=1S/C13H12N2/c1-10-9-15(13-7-4-8-14-13)12-6-3-2-5-11(10)12/h2-6,8-9H,7H2,1H3. The number of hydrogen-bond acceptors (Lipinski definition) is 1. The van der Waals surface area contributed by atoms with Gasteiger partial charge in [-0.15, -0.1) is 0 Å². The number of allylic oxidation sites excluding steroid dienone is 1. The van der Waals surface area contributed by atoms with Crippen LogP contribution in [0.15, 0.2) is 47.7 Å². The Morgan fingerprint density at radius 3 is 2.93 bits per heavy atom. The zero-order valence-electron chi connectivity index (χ0n) is 8.64. The molecule has 74 valence electrons. The van der Waals surface area contributed by atoms with Gasteiger partial charge in [0.1, 0.15) is 5.84 Å².